The fraction of sp³-hybridized carbons (Fsp3) is 0.625. The van der Waals surface area contributed by atoms with Crippen LogP contribution in [0.3, 0.4) is 0 Å². The van der Waals surface area contributed by atoms with Gasteiger partial charge in [-0.1, -0.05) is 20.8 Å². The van der Waals surface area contributed by atoms with Crippen LogP contribution in [0.4, 0.5) is 8.78 Å². The second kappa shape index (κ2) is 5.68. The van der Waals surface area contributed by atoms with Gasteiger partial charge in [-0.2, -0.15) is 0 Å². The van der Waals surface area contributed by atoms with Gasteiger partial charge in [-0.05, 0) is 42.7 Å². The molecule has 0 aromatic heterocycles. The number of benzene rings is 1. The maximum atomic E-state index is 13.6. The average Bonchev–Trinajstić information content (AvgIpc) is 2.35. The first-order chi connectivity index (χ1) is 9.27. The fourth-order valence-electron chi connectivity index (χ4n) is 2.76. The van der Waals surface area contributed by atoms with Gasteiger partial charge in [0.2, 0.25) is 0 Å². The van der Waals surface area contributed by atoms with Crippen molar-refractivity contribution in [3.8, 4) is 5.75 Å². The fourth-order valence-corrected chi connectivity index (χ4v) is 2.76. The Morgan fingerprint density at radius 2 is 1.90 bits per heavy atom. The predicted molar refractivity (Wildman–Crippen MR) is 73.6 cm³/mol. The van der Waals surface area contributed by atoms with Crippen LogP contribution >= 0.6 is 0 Å². The SMILES string of the molecule is CC(C)(C)C1CCC(O)C(Oc2cc(F)ccc2F)C1. The highest BCUT2D eigenvalue weighted by Crippen LogP contribution is 2.39. The normalized spacial score (nSPS) is 27.4. The van der Waals surface area contributed by atoms with Gasteiger partial charge in [0.1, 0.15) is 11.9 Å². The number of hydrogen-bond donors (Lipinski definition) is 1. The molecule has 0 heterocycles. The number of halogens is 2. The molecular weight excluding hydrogens is 262 g/mol. The number of aliphatic hydroxyl groups is 1. The van der Waals surface area contributed by atoms with Crippen LogP contribution in [0.5, 0.6) is 5.75 Å². The first-order valence-electron chi connectivity index (χ1n) is 7.07. The molecule has 20 heavy (non-hydrogen) atoms. The Balaban J connectivity index is 2.12. The van der Waals surface area contributed by atoms with E-state index in [0.29, 0.717) is 18.8 Å². The Bertz CT molecular complexity index is 468. The lowest BCUT2D eigenvalue weighted by molar-refractivity contribution is -0.0312. The zero-order valence-corrected chi connectivity index (χ0v) is 12.2. The number of rotatable bonds is 2. The van der Waals surface area contributed by atoms with E-state index in [1.165, 1.54) is 0 Å². The molecule has 0 saturated heterocycles. The molecule has 0 spiro atoms. The van der Waals surface area contributed by atoms with Gasteiger partial charge in [0.15, 0.2) is 11.6 Å². The number of aliphatic hydroxyl groups excluding tert-OH is 1. The standard InChI is InChI=1S/C16H22F2O2/c1-16(2,3)10-4-7-13(19)15(8-10)20-14-9-11(17)5-6-12(14)18/h5-6,9-10,13,15,19H,4,7-8H2,1-3H3. The van der Waals surface area contributed by atoms with E-state index in [1.807, 2.05) is 0 Å². The Kier molecular flexibility index (Phi) is 4.33. The second-order valence-electron chi connectivity index (χ2n) is 6.67. The maximum absolute atomic E-state index is 13.6. The summed E-state index contributed by atoms with van der Waals surface area (Å²) in [5, 5.41) is 10.0. The summed E-state index contributed by atoms with van der Waals surface area (Å²) in [7, 11) is 0. The van der Waals surface area contributed by atoms with Crippen molar-refractivity contribution in [3.63, 3.8) is 0 Å². The summed E-state index contributed by atoms with van der Waals surface area (Å²) in [5.41, 5.74) is 0.113. The molecular formula is C16H22F2O2. The third-order valence-corrected chi connectivity index (χ3v) is 4.15. The lowest BCUT2D eigenvalue weighted by atomic mass is 9.71. The highest BCUT2D eigenvalue weighted by Gasteiger charge is 2.36. The highest BCUT2D eigenvalue weighted by atomic mass is 19.1. The number of ether oxygens (including phenoxy) is 1. The molecule has 0 amide bonds. The van der Waals surface area contributed by atoms with Crippen LogP contribution in [0.15, 0.2) is 18.2 Å². The summed E-state index contributed by atoms with van der Waals surface area (Å²) >= 11 is 0. The van der Waals surface area contributed by atoms with Crippen molar-refractivity contribution in [2.75, 3.05) is 0 Å². The molecule has 1 aliphatic carbocycles. The monoisotopic (exact) mass is 284 g/mol. The van der Waals surface area contributed by atoms with Crippen molar-refractivity contribution >= 4 is 0 Å². The van der Waals surface area contributed by atoms with E-state index >= 15 is 0 Å². The zero-order valence-electron chi connectivity index (χ0n) is 12.2. The third kappa shape index (κ3) is 3.48. The van der Waals surface area contributed by atoms with E-state index in [1.54, 1.807) is 0 Å². The van der Waals surface area contributed by atoms with Gasteiger partial charge < -0.3 is 9.84 Å². The van der Waals surface area contributed by atoms with E-state index in [2.05, 4.69) is 20.8 Å². The number of hydrogen-bond acceptors (Lipinski definition) is 2. The van der Waals surface area contributed by atoms with Gasteiger partial charge in [-0.3, -0.25) is 0 Å². The summed E-state index contributed by atoms with van der Waals surface area (Å²) in [5.74, 6) is -0.869. The van der Waals surface area contributed by atoms with Crippen molar-refractivity contribution in [3.05, 3.63) is 29.8 Å². The molecule has 2 rings (SSSR count). The summed E-state index contributed by atoms with van der Waals surface area (Å²) in [6, 6.07) is 3.13. The minimum absolute atomic E-state index is 0.113. The van der Waals surface area contributed by atoms with Crippen molar-refractivity contribution in [2.45, 2.75) is 52.2 Å². The van der Waals surface area contributed by atoms with Crippen molar-refractivity contribution in [2.24, 2.45) is 11.3 Å². The van der Waals surface area contributed by atoms with Gasteiger partial charge in [0.25, 0.3) is 0 Å². The Labute approximate surface area is 118 Å². The second-order valence-corrected chi connectivity index (χ2v) is 6.67. The van der Waals surface area contributed by atoms with Crippen LogP contribution in [0.2, 0.25) is 0 Å². The molecule has 1 aliphatic rings. The topological polar surface area (TPSA) is 29.5 Å². The van der Waals surface area contributed by atoms with Gasteiger partial charge in [0.05, 0.1) is 6.10 Å². The van der Waals surface area contributed by atoms with Crippen LogP contribution in [-0.2, 0) is 0 Å². The van der Waals surface area contributed by atoms with E-state index in [0.717, 1.165) is 24.6 Å². The predicted octanol–water partition coefficient (Wildman–Crippen LogP) is 3.92. The molecule has 2 nitrogen and oxygen atoms in total. The quantitative estimate of drug-likeness (QED) is 0.892. The molecule has 0 bridgehead atoms. The first kappa shape index (κ1) is 15.2. The maximum Gasteiger partial charge on any atom is 0.165 e. The first-order valence-corrected chi connectivity index (χ1v) is 7.07. The molecule has 4 heteroatoms. The lowest BCUT2D eigenvalue weighted by Crippen LogP contribution is -2.41. The summed E-state index contributed by atoms with van der Waals surface area (Å²) in [6.07, 6.45) is 1.10. The molecule has 3 unspecified atom stereocenters. The summed E-state index contributed by atoms with van der Waals surface area (Å²) in [4.78, 5) is 0. The minimum atomic E-state index is -0.628. The molecule has 1 aromatic rings. The van der Waals surface area contributed by atoms with Crippen LogP contribution in [0.1, 0.15) is 40.0 Å². The van der Waals surface area contributed by atoms with Crippen LogP contribution < -0.4 is 4.74 Å². The Morgan fingerprint density at radius 3 is 2.55 bits per heavy atom. The Morgan fingerprint density at radius 1 is 1.20 bits per heavy atom. The van der Waals surface area contributed by atoms with Crippen LogP contribution in [0.25, 0.3) is 0 Å². The molecule has 1 N–H and O–H groups in total. The van der Waals surface area contributed by atoms with Crippen molar-refractivity contribution in [1.29, 1.82) is 0 Å². The van der Waals surface area contributed by atoms with Gasteiger partial charge >= 0.3 is 0 Å². The molecule has 112 valence electrons. The van der Waals surface area contributed by atoms with Gasteiger partial charge in [-0.25, -0.2) is 8.78 Å². The van der Waals surface area contributed by atoms with E-state index in [9.17, 15) is 13.9 Å². The Hall–Kier alpha value is -1.16. The van der Waals surface area contributed by atoms with Crippen molar-refractivity contribution in [1.82, 2.24) is 0 Å². The molecule has 0 radical (unpaired) electrons. The van der Waals surface area contributed by atoms with E-state index in [4.69, 9.17) is 4.74 Å². The highest BCUT2D eigenvalue weighted by molar-refractivity contribution is 5.25. The van der Waals surface area contributed by atoms with Crippen molar-refractivity contribution < 1.29 is 18.6 Å². The van der Waals surface area contributed by atoms with Gasteiger partial charge in [-0.15, -0.1) is 0 Å². The molecule has 1 fully saturated rings. The lowest BCUT2D eigenvalue weighted by Gasteiger charge is -2.39. The minimum Gasteiger partial charge on any atom is -0.485 e. The third-order valence-electron chi connectivity index (χ3n) is 4.15. The zero-order chi connectivity index (χ0) is 14.9. The molecule has 3 atom stereocenters. The average molecular weight is 284 g/mol. The smallest absolute Gasteiger partial charge is 0.165 e. The summed E-state index contributed by atoms with van der Waals surface area (Å²) in [6.45, 7) is 6.44. The molecule has 1 saturated carbocycles. The van der Waals surface area contributed by atoms with E-state index in [-0.39, 0.29) is 11.2 Å². The van der Waals surface area contributed by atoms with E-state index < -0.39 is 23.8 Å². The molecule has 1 aromatic carbocycles. The van der Waals surface area contributed by atoms with Crippen LogP contribution in [0, 0.1) is 23.0 Å². The summed E-state index contributed by atoms with van der Waals surface area (Å²) < 4.78 is 32.3. The van der Waals surface area contributed by atoms with Crippen LogP contribution in [-0.4, -0.2) is 17.3 Å². The van der Waals surface area contributed by atoms with Gasteiger partial charge in [0, 0.05) is 6.07 Å². The largest absolute Gasteiger partial charge is 0.485 e. The molecule has 0 aliphatic heterocycles.